The molecule has 0 rings (SSSR count). The van der Waals surface area contributed by atoms with Crippen LogP contribution < -0.4 is 5.32 Å². The molecule has 0 heterocycles. The van der Waals surface area contributed by atoms with Crippen molar-refractivity contribution in [2.75, 3.05) is 26.0 Å². The molecule has 5 unspecified atom stereocenters. The number of hydrogen-bond acceptors (Lipinski definition) is 10. The second-order valence-electron chi connectivity index (χ2n) is 5.81. The van der Waals surface area contributed by atoms with Gasteiger partial charge in [-0.2, -0.15) is 11.8 Å². The molecule has 0 aliphatic rings. The van der Waals surface area contributed by atoms with E-state index in [2.05, 4.69) is 4.99 Å². The van der Waals surface area contributed by atoms with Crippen LogP contribution in [0.25, 0.3) is 0 Å². The van der Waals surface area contributed by atoms with Crippen molar-refractivity contribution in [3.63, 3.8) is 0 Å². The van der Waals surface area contributed by atoms with Crippen LogP contribution in [0.2, 0.25) is 0 Å². The number of nitrogens with zero attached hydrogens (tertiary/aromatic N) is 1. The summed E-state index contributed by atoms with van der Waals surface area (Å²) in [5, 5.41) is 49.0. The molecule has 0 saturated carbocycles. The molecular formula is C16H28N2O9S. The first-order valence-electron chi connectivity index (χ1n) is 8.54. The number of ether oxygens (including phenoxy) is 1. The Balaban J connectivity index is 4.59. The summed E-state index contributed by atoms with van der Waals surface area (Å²) in [5.74, 6) is -2.89. The molecule has 0 aromatic rings. The Morgan fingerprint density at radius 1 is 1.18 bits per heavy atom. The third kappa shape index (κ3) is 10.7. The summed E-state index contributed by atoms with van der Waals surface area (Å²) in [5.41, 5.74) is 0. The zero-order valence-corrected chi connectivity index (χ0v) is 16.5. The summed E-state index contributed by atoms with van der Waals surface area (Å²) >= 11 is 1.14. The lowest BCUT2D eigenvalue weighted by atomic mass is 10.1. The molecule has 0 aromatic heterocycles. The van der Waals surface area contributed by atoms with Crippen molar-refractivity contribution < 1.29 is 44.7 Å². The van der Waals surface area contributed by atoms with E-state index in [4.69, 9.17) is 14.9 Å². The highest BCUT2D eigenvalue weighted by atomic mass is 32.2. The van der Waals surface area contributed by atoms with Crippen molar-refractivity contribution in [3.05, 3.63) is 0 Å². The number of hydrogen-bond donors (Lipinski definition) is 6. The Morgan fingerprint density at radius 2 is 1.82 bits per heavy atom. The first-order valence-corrected chi connectivity index (χ1v) is 9.82. The third-order valence-corrected chi connectivity index (χ3v) is 4.59. The third-order valence-electron chi connectivity index (χ3n) is 3.51. The van der Waals surface area contributed by atoms with Gasteiger partial charge in [0.2, 0.25) is 0 Å². The van der Waals surface area contributed by atoms with E-state index in [1.54, 1.807) is 13.2 Å². The highest BCUT2D eigenvalue weighted by Crippen LogP contribution is 2.20. The SMILES string of the molecule is CCC(=O)OCC(O)CC(SC)C(O)C(O)/C=N/C(=O)C(=O)NCC(O)CO. The monoisotopic (exact) mass is 424 g/mol. The topological polar surface area (TPSA) is 186 Å². The van der Waals surface area contributed by atoms with E-state index in [1.165, 1.54) is 0 Å². The van der Waals surface area contributed by atoms with Crippen molar-refractivity contribution >= 4 is 35.8 Å². The lowest BCUT2D eigenvalue weighted by molar-refractivity contribution is -0.146. The van der Waals surface area contributed by atoms with E-state index < -0.39 is 54.1 Å². The Kier molecular flexibility index (Phi) is 13.6. The zero-order chi connectivity index (χ0) is 21.7. The number of carbonyl (C=O) groups excluding carboxylic acids is 3. The molecule has 12 heteroatoms. The Bertz CT molecular complexity index is 532. The molecule has 0 aliphatic heterocycles. The van der Waals surface area contributed by atoms with E-state index in [1.807, 2.05) is 5.32 Å². The Labute approximate surface area is 166 Å². The summed E-state index contributed by atoms with van der Waals surface area (Å²) in [7, 11) is 0. The van der Waals surface area contributed by atoms with Gasteiger partial charge in [-0.05, 0) is 12.7 Å². The van der Waals surface area contributed by atoms with Gasteiger partial charge in [-0.15, -0.1) is 0 Å². The highest BCUT2D eigenvalue weighted by molar-refractivity contribution is 7.99. The molecule has 2 amide bonds. The molecule has 0 aliphatic carbocycles. The maximum Gasteiger partial charge on any atom is 0.334 e. The van der Waals surface area contributed by atoms with Crippen molar-refractivity contribution in [1.82, 2.24) is 5.32 Å². The minimum atomic E-state index is -1.59. The average Bonchev–Trinajstić information content (AvgIpc) is 2.70. The molecular weight excluding hydrogens is 396 g/mol. The number of aliphatic hydroxyl groups excluding tert-OH is 5. The van der Waals surface area contributed by atoms with Gasteiger partial charge in [0.25, 0.3) is 0 Å². The van der Waals surface area contributed by atoms with Crippen molar-refractivity contribution in [2.45, 2.75) is 49.4 Å². The maximum absolute atomic E-state index is 11.5. The zero-order valence-electron chi connectivity index (χ0n) is 15.7. The van der Waals surface area contributed by atoms with Gasteiger partial charge in [0.1, 0.15) is 12.7 Å². The number of rotatable bonds is 12. The van der Waals surface area contributed by atoms with Crippen LogP contribution >= 0.6 is 11.8 Å². The molecule has 0 saturated heterocycles. The molecule has 11 nitrogen and oxygen atoms in total. The van der Waals surface area contributed by atoms with Gasteiger partial charge in [-0.25, -0.2) is 4.99 Å². The lowest BCUT2D eigenvalue weighted by Gasteiger charge is -2.25. The van der Waals surface area contributed by atoms with Crippen LogP contribution in [0, 0.1) is 0 Å². The average molecular weight is 424 g/mol. The van der Waals surface area contributed by atoms with Gasteiger partial charge < -0.3 is 35.6 Å². The molecule has 0 aromatic carbocycles. The predicted octanol–water partition coefficient (Wildman–Crippen LogP) is -2.79. The van der Waals surface area contributed by atoms with Gasteiger partial charge >= 0.3 is 17.8 Å². The van der Waals surface area contributed by atoms with E-state index in [9.17, 15) is 29.7 Å². The van der Waals surface area contributed by atoms with Crippen LogP contribution in [0.3, 0.4) is 0 Å². The molecule has 28 heavy (non-hydrogen) atoms. The Hall–Kier alpha value is -1.57. The van der Waals surface area contributed by atoms with Gasteiger partial charge in [0, 0.05) is 24.4 Å². The number of amides is 2. The number of nitrogens with one attached hydrogen (secondary N) is 1. The number of aliphatic imine (C=N–C) groups is 1. The smallest absolute Gasteiger partial charge is 0.334 e. The molecule has 0 radical (unpaired) electrons. The fraction of sp³-hybridized carbons (Fsp3) is 0.750. The van der Waals surface area contributed by atoms with Crippen LogP contribution in [0.5, 0.6) is 0 Å². The predicted molar refractivity (Wildman–Crippen MR) is 101 cm³/mol. The quantitative estimate of drug-likeness (QED) is 0.109. The van der Waals surface area contributed by atoms with E-state index in [0.717, 1.165) is 11.8 Å². The molecule has 0 bridgehead atoms. The van der Waals surface area contributed by atoms with Crippen LogP contribution in [0.15, 0.2) is 4.99 Å². The fourth-order valence-electron chi connectivity index (χ4n) is 1.86. The number of aliphatic hydroxyl groups is 5. The normalized spacial score (nSPS) is 16.8. The fourth-order valence-corrected chi connectivity index (χ4v) is 2.72. The van der Waals surface area contributed by atoms with Gasteiger partial charge in [-0.1, -0.05) is 6.92 Å². The molecule has 0 spiro atoms. The Morgan fingerprint density at radius 3 is 2.36 bits per heavy atom. The van der Waals surface area contributed by atoms with Crippen LogP contribution in [0.1, 0.15) is 19.8 Å². The van der Waals surface area contributed by atoms with Crippen molar-refractivity contribution in [3.8, 4) is 0 Å². The lowest BCUT2D eigenvalue weighted by Crippen LogP contribution is -2.40. The summed E-state index contributed by atoms with van der Waals surface area (Å²) < 4.78 is 4.80. The minimum absolute atomic E-state index is 0.00227. The summed E-state index contributed by atoms with van der Waals surface area (Å²) in [4.78, 5) is 37.3. The summed E-state index contributed by atoms with van der Waals surface area (Å²) in [6, 6.07) is 0. The van der Waals surface area contributed by atoms with Gasteiger partial charge in [0.05, 0.1) is 24.9 Å². The number of thioether (sulfide) groups is 1. The van der Waals surface area contributed by atoms with E-state index >= 15 is 0 Å². The first-order chi connectivity index (χ1) is 13.2. The summed E-state index contributed by atoms with van der Waals surface area (Å²) in [6.45, 7) is 0.410. The highest BCUT2D eigenvalue weighted by Gasteiger charge is 2.28. The molecule has 162 valence electrons. The van der Waals surface area contributed by atoms with Crippen molar-refractivity contribution in [1.29, 1.82) is 0 Å². The molecule has 6 N–H and O–H groups in total. The minimum Gasteiger partial charge on any atom is -0.463 e. The van der Waals surface area contributed by atoms with E-state index in [-0.39, 0.29) is 26.0 Å². The largest absolute Gasteiger partial charge is 0.463 e. The van der Waals surface area contributed by atoms with Gasteiger partial charge in [0.15, 0.2) is 0 Å². The second-order valence-corrected chi connectivity index (χ2v) is 6.89. The van der Waals surface area contributed by atoms with Gasteiger partial charge in [-0.3, -0.25) is 14.4 Å². The number of carbonyl (C=O) groups is 3. The van der Waals surface area contributed by atoms with Crippen molar-refractivity contribution in [2.24, 2.45) is 4.99 Å². The van der Waals surface area contributed by atoms with Crippen LogP contribution in [0.4, 0.5) is 0 Å². The second kappa shape index (κ2) is 14.4. The van der Waals surface area contributed by atoms with E-state index in [0.29, 0.717) is 6.21 Å². The molecule has 0 fully saturated rings. The van der Waals surface area contributed by atoms with Crippen LogP contribution in [-0.4, -0.2) is 105 Å². The molecule has 5 atom stereocenters. The first kappa shape index (κ1) is 26.4. The summed E-state index contributed by atoms with van der Waals surface area (Å²) in [6.07, 6.45) is -2.80. The maximum atomic E-state index is 11.5. The standard InChI is InChI=1S/C16H28N2O9S/c1-3-13(23)27-8-9(20)4-12(28-2)14(24)11(22)6-18-16(26)15(25)17-5-10(21)7-19/h6,9-12,14,19-22,24H,3-5,7-8H2,1-2H3,(H,17,25)/b18-6+. The van der Waals surface area contributed by atoms with Crippen LogP contribution in [-0.2, 0) is 19.1 Å². The number of esters is 1.